The standard InChI is InChI=1S/C25H20N2/c1-3-11-19(12-4-1)26-27(20-13-5-2-6-14-20)25-23-17-9-7-15-21(23)22-16-8-10-18-24(22)25/h1-18,25-26H. The van der Waals surface area contributed by atoms with Gasteiger partial charge in [-0.05, 0) is 46.5 Å². The molecule has 4 aromatic carbocycles. The monoisotopic (exact) mass is 348 g/mol. The molecule has 4 aromatic rings. The highest BCUT2D eigenvalue weighted by Gasteiger charge is 2.33. The third kappa shape index (κ3) is 2.76. The minimum Gasteiger partial charge on any atom is -0.298 e. The molecule has 0 fully saturated rings. The summed E-state index contributed by atoms with van der Waals surface area (Å²) in [6.45, 7) is 0. The van der Waals surface area contributed by atoms with Crippen LogP contribution >= 0.6 is 0 Å². The van der Waals surface area contributed by atoms with E-state index in [4.69, 9.17) is 0 Å². The number of benzene rings is 4. The van der Waals surface area contributed by atoms with Crippen molar-refractivity contribution >= 4 is 11.4 Å². The quantitative estimate of drug-likeness (QED) is 0.436. The number of para-hydroxylation sites is 2. The molecule has 0 radical (unpaired) electrons. The van der Waals surface area contributed by atoms with E-state index in [2.05, 4.69) is 114 Å². The number of nitrogens with one attached hydrogen (secondary N) is 1. The molecule has 2 heteroatoms. The maximum Gasteiger partial charge on any atom is 0.102 e. The van der Waals surface area contributed by atoms with E-state index in [0.29, 0.717) is 0 Å². The minimum atomic E-state index is 0.111. The largest absolute Gasteiger partial charge is 0.298 e. The Kier molecular flexibility index (Phi) is 3.87. The highest BCUT2D eigenvalue weighted by molar-refractivity contribution is 5.81. The summed E-state index contributed by atoms with van der Waals surface area (Å²) in [4.78, 5) is 0. The molecular weight excluding hydrogens is 328 g/mol. The second-order valence-corrected chi connectivity index (χ2v) is 6.76. The molecule has 0 unspecified atom stereocenters. The van der Waals surface area contributed by atoms with E-state index in [1.807, 2.05) is 6.07 Å². The summed E-state index contributed by atoms with van der Waals surface area (Å²) in [5, 5.41) is 2.28. The van der Waals surface area contributed by atoms with Crippen molar-refractivity contribution in [2.24, 2.45) is 0 Å². The smallest absolute Gasteiger partial charge is 0.102 e. The van der Waals surface area contributed by atoms with Crippen LogP contribution in [-0.2, 0) is 0 Å². The van der Waals surface area contributed by atoms with Gasteiger partial charge in [-0.15, -0.1) is 0 Å². The molecule has 27 heavy (non-hydrogen) atoms. The molecule has 130 valence electrons. The topological polar surface area (TPSA) is 15.3 Å². The average molecular weight is 348 g/mol. The van der Waals surface area contributed by atoms with Gasteiger partial charge in [0.05, 0.1) is 11.4 Å². The molecule has 1 aliphatic carbocycles. The van der Waals surface area contributed by atoms with Crippen molar-refractivity contribution in [3.05, 3.63) is 120 Å². The number of hydrazine groups is 1. The second kappa shape index (κ2) is 6.65. The van der Waals surface area contributed by atoms with E-state index in [0.717, 1.165) is 11.4 Å². The maximum absolute atomic E-state index is 3.65. The van der Waals surface area contributed by atoms with Gasteiger partial charge in [-0.25, -0.2) is 0 Å². The third-order valence-corrected chi connectivity index (χ3v) is 5.12. The van der Waals surface area contributed by atoms with Crippen LogP contribution in [-0.4, -0.2) is 0 Å². The van der Waals surface area contributed by atoms with Crippen LogP contribution in [0.1, 0.15) is 17.2 Å². The molecule has 0 atom stereocenters. The summed E-state index contributed by atoms with van der Waals surface area (Å²) in [6, 6.07) is 38.4. The zero-order valence-electron chi connectivity index (χ0n) is 14.9. The first-order valence-electron chi connectivity index (χ1n) is 9.26. The van der Waals surface area contributed by atoms with Crippen LogP contribution in [0.5, 0.6) is 0 Å². The minimum absolute atomic E-state index is 0.111. The van der Waals surface area contributed by atoms with Crippen LogP contribution in [0.2, 0.25) is 0 Å². The molecule has 0 bridgehead atoms. The Hall–Kier alpha value is -3.52. The number of rotatable bonds is 4. The summed E-state index contributed by atoms with van der Waals surface area (Å²) >= 11 is 0. The van der Waals surface area contributed by atoms with Crippen molar-refractivity contribution < 1.29 is 0 Å². The third-order valence-electron chi connectivity index (χ3n) is 5.12. The van der Waals surface area contributed by atoms with Gasteiger partial charge in [0.25, 0.3) is 0 Å². The van der Waals surface area contributed by atoms with Gasteiger partial charge < -0.3 is 0 Å². The van der Waals surface area contributed by atoms with Crippen molar-refractivity contribution in [2.45, 2.75) is 6.04 Å². The van der Waals surface area contributed by atoms with Crippen LogP contribution in [0.3, 0.4) is 0 Å². The van der Waals surface area contributed by atoms with Gasteiger partial charge in [-0.1, -0.05) is 84.9 Å². The Morgan fingerprint density at radius 3 is 1.59 bits per heavy atom. The van der Waals surface area contributed by atoms with Gasteiger partial charge in [-0.2, -0.15) is 0 Å². The number of nitrogens with zero attached hydrogens (tertiary/aromatic N) is 1. The summed E-state index contributed by atoms with van der Waals surface area (Å²) in [5.41, 5.74) is 11.1. The molecule has 0 aromatic heterocycles. The molecule has 1 N–H and O–H groups in total. The molecule has 5 rings (SSSR count). The van der Waals surface area contributed by atoms with Gasteiger partial charge in [-0.3, -0.25) is 10.4 Å². The number of hydrogen-bond acceptors (Lipinski definition) is 2. The second-order valence-electron chi connectivity index (χ2n) is 6.76. The van der Waals surface area contributed by atoms with E-state index in [9.17, 15) is 0 Å². The summed E-state index contributed by atoms with van der Waals surface area (Å²) < 4.78 is 0. The lowest BCUT2D eigenvalue weighted by Gasteiger charge is -2.33. The predicted molar refractivity (Wildman–Crippen MR) is 113 cm³/mol. The van der Waals surface area contributed by atoms with E-state index >= 15 is 0 Å². The Morgan fingerprint density at radius 1 is 0.519 bits per heavy atom. The number of hydrogen-bond donors (Lipinski definition) is 1. The van der Waals surface area contributed by atoms with Crippen molar-refractivity contribution in [1.82, 2.24) is 0 Å². The zero-order valence-corrected chi connectivity index (χ0v) is 14.9. The van der Waals surface area contributed by atoms with Gasteiger partial charge in [0, 0.05) is 0 Å². The number of anilines is 2. The molecule has 0 heterocycles. The highest BCUT2D eigenvalue weighted by atomic mass is 15.5. The van der Waals surface area contributed by atoms with Crippen LogP contribution in [0.25, 0.3) is 11.1 Å². The Bertz CT molecular complexity index is 1010. The van der Waals surface area contributed by atoms with E-state index in [1.165, 1.54) is 22.3 Å². The molecular formula is C25H20N2. The Morgan fingerprint density at radius 2 is 1.00 bits per heavy atom. The lowest BCUT2D eigenvalue weighted by molar-refractivity contribution is 0.792. The first kappa shape index (κ1) is 15.7. The van der Waals surface area contributed by atoms with Crippen LogP contribution in [0.15, 0.2) is 109 Å². The molecule has 1 aliphatic rings. The first-order chi connectivity index (χ1) is 13.4. The first-order valence-corrected chi connectivity index (χ1v) is 9.26. The molecule has 2 nitrogen and oxygen atoms in total. The Balaban J connectivity index is 1.68. The SMILES string of the molecule is c1ccc(NN(c2ccccc2)C2c3ccccc3-c3ccccc32)cc1. The average Bonchev–Trinajstić information content (AvgIpc) is 3.08. The van der Waals surface area contributed by atoms with Crippen LogP contribution in [0.4, 0.5) is 11.4 Å². The fourth-order valence-electron chi connectivity index (χ4n) is 3.93. The van der Waals surface area contributed by atoms with E-state index in [1.54, 1.807) is 0 Å². The molecule has 0 spiro atoms. The van der Waals surface area contributed by atoms with Gasteiger partial charge >= 0.3 is 0 Å². The lowest BCUT2D eigenvalue weighted by atomic mass is 10.0. The van der Waals surface area contributed by atoms with Crippen molar-refractivity contribution in [1.29, 1.82) is 0 Å². The molecule has 0 aliphatic heterocycles. The molecule has 0 saturated carbocycles. The van der Waals surface area contributed by atoms with Gasteiger partial charge in [0.15, 0.2) is 0 Å². The maximum atomic E-state index is 3.65. The van der Waals surface area contributed by atoms with Crippen molar-refractivity contribution in [2.75, 3.05) is 10.4 Å². The normalized spacial score (nSPS) is 12.3. The fraction of sp³-hybridized carbons (Fsp3) is 0.0400. The van der Waals surface area contributed by atoms with Crippen molar-refractivity contribution in [3.63, 3.8) is 0 Å². The van der Waals surface area contributed by atoms with Crippen LogP contribution in [0, 0.1) is 0 Å². The molecule has 0 saturated heterocycles. The fourth-order valence-corrected chi connectivity index (χ4v) is 3.93. The Labute approximate surface area is 159 Å². The molecule has 0 amide bonds. The summed E-state index contributed by atoms with van der Waals surface area (Å²) in [7, 11) is 0. The summed E-state index contributed by atoms with van der Waals surface area (Å²) in [5.74, 6) is 0. The van der Waals surface area contributed by atoms with Gasteiger partial charge in [0.2, 0.25) is 0 Å². The highest BCUT2D eigenvalue weighted by Crippen LogP contribution is 2.47. The lowest BCUT2D eigenvalue weighted by Crippen LogP contribution is -2.34. The zero-order chi connectivity index (χ0) is 18.1. The van der Waals surface area contributed by atoms with E-state index < -0.39 is 0 Å². The number of fused-ring (bicyclic) bond motifs is 3. The summed E-state index contributed by atoms with van der Waals surface area (Å²) in [6.07, 6.45) is 0. The van der Waals surface area contributed by atoms with Gasteiger partial charge in [0.1, 0.15) is 6.04 Å². The van der Waals surface area contributed by atoms with Crippen LogP contribution < -0.4 is 10.4 Å². The van der Waals surface area contributed by atoms with E-state index in [-0.39, 0.29) is 6.04 Å². The van der Waals surface area contributed by atoms with Crippen molar-refractivity contribution in [3.8, 4) is 11.1 Å². The predicted octanol–water partition coefficient (Wildman–Crippen LogP) is 6.29.